The average molecular weight is 597 g/mol. The van der Waals surface area contributed by atoms with Crippen molar-refractivity contribution in [2.75, 3.05) is 52.7 Å². The number of aliphatic hydroxyl groups excluding tert-OH is 1. The second-order valence-electron chi connectivity index (χ2n) is 12.5. The first kappa shape index (κ1) is 30.2. The number of aliphatic hydroxyl groups is 1. The van der Waals surface area contributed by atoms with Gasteiger partial charge < -0.3 is 24.2 Å². The molecule has 0 unspecified atom stereocenters. The molecule has 6 rings (SSSR count). The van der Waals surface area contributed by atoms with Crippen molar-refractivity contribution in [3.05, 3.63) is 71.9 Å². The summed E-state index contributed by atoms with van der Waals surface area (Å²) in [4.78, 5) is 27.9. The molecule has 4 aromatic rings. The van der Waals surface area contributed by atoms with Crippen LogP contribution in [0.25, 0.3) is 22.3 Å². The van der Waals surface area contributed by atoms with Crippen LogP contribution in [0.5, 0.6) is 5.75 Å². The number of para-hydroxylation sites is 1. The fourth-order valence-electron chi connectivity index (χ4n) is 6.72. The highest BCUT2D eigenvalue weighted by Gasteiger charge is 2.27. The number of pyridine rings is 1. The summed E-state index contributed by atoms with van der Waals surface area (Å²) in [5.41, 5.74) is 5.27. The molecule has 232 valence electrons. The van der Waals surface area contributed by atoms with E-state index in [1.165, 1.54) is 5.56 Å². The molecule has 2 N–H and O–H groups in total. The number of rotatable bonds is 9. The van der Waals surface area contributed by atoms with Crippen molar-refractivity contribution in [1.29, 1.82) is 0 Å². The number of nitrogens with one attached hydrogen (secondary N) is 1. The summed E-state index contributed by atoms with van der Waals surface area (Å²) >= 11 is 0. The first-order valence-corrected chi connectivity index (χ1v) is 15.9. The molecule has 0 bridgehead atoms. The van der Waals surface area contributed by atoms with Gasteiger partial charge in [-0.3, -0.25) is 15.1 Å². The van der Waals surface area contributed by atoms with Gasteiger partial charge in [0.25, 0.3) is 5.91 Å². The Morgan fingerprint density at radius 2 is 1.80 bits per heavy atom. The van der Waals surface area contributed by atoms with Crippen LogP contribution in [0.1, 0.15) is 66.4 Å². The van der Waals surface area contributed by atoms with Gasteiger partial charge in [-0.15, -0.1) is 0 Å². The van der Waals surface area contributed by atoms with Gasteiger partial charge in [-0.25, -0.2) is 4.98 Å². The van der Waals surface area contributed by atoms with E-state index in [2.05, 4.69) is 57.0 Å². The molecule has 2 aromatic heterocycles. The lowest BCUT2D eigenvalue weighted by molar-refractivity contribution is 0.102. The minimum Gasteiger partial charge on any atom is -0.496 e. The maximum atomic E-state index is 13.7. The van der Waals surface area contributed by atoms with Crippen LogP contribution in [0.4, 0.5) is 5.95 Å². The van der Waals surface area contributed by atoms with Crippen molar-refractivity contribution < 1.29 is 14.6 Å². The molecule has 3 heterocycles. The summed E-state index contributed by atoms with van der Waals surface area (Å²) in [6.07, 6.45) is 6.85. The summed E-state index contributed by atoms with van der Waals surface area (Å²) in [5.74, 6) is 1.53. The van der Waals surface area contributed by atoms with E-state index in [4.69, 9.17) is 9.72 Å². The Morgan fingerprint density at radius 3 is 2.55 bits per heavy atom. The van der Waals surface area contributed by atoms with E-state index in [1.807, 2.05) is 24.3 Å². The zero-order chi connectivity index (χ0) is 30.6. The molecular weight excluding hydrogens is 552 g/mol. The Bertz CT molecular complexity index is 1580. The zero-order valence-electron chi connectivity index (χ0n) is 26.1. The molecule has 0 spiro atoms. The van der Waals surface area contributed by atoms with Gasteiger partial charge in [0, 0.05) is 36.5 Å². The van der Waals surface area contributed by atoms with Crippen LogP contribution < -0.4 is 10.1 Å². The number of hydrogen-bond donors (Lipinski definition) is 2. The van der Waals surface area contributed by atoms with E-state index in [1.54, 1.807) is 25.4 Å². The maximum absolute atomic E-state index is 13.7. The number of nitrogens with zero attached hydrogens (tertiary/aromatic N) is 5. The van der Waals surface area contributed by atoms with Crippen LogP contribution in [0.3, 0.4) is 0 Å². The predicted molar refractivity (Wildman–Crippen MR) is 174 cm³/mol. The van der Waals surface area contributed by atoms with E-state index in [0.29, 0.717) is 28.9 Å². The smallest absolute Gasteiger partial charge is 0.258 e. The van der Waals surface area contributed by atoms with Crippen LogP contribution >= 0.6 is 0 Å². The van der Waals surface area contributed by atoms with Crippen molar-refractivity contribution in [2.24, 2.45) is 0 Å². The minimum atomic E-state index is -0.266. The predicted octanol–water partition coefficient (Wildman–Crippen LogP) is 5.58. The monoisotopic (exact) mass is 596 g/mol. The molecule has 1 saturated carbocycles. The lowest BCUT2D eigenvalue weighted by Crippen LogP contribution is -2.37. The van der Waals surface area contributed by atoms with Gasteiger partial charge in [-0.05, 0) is 114 Å². The molecule has 1 amide bonds. The lowest BCUT2D eigenvalue weighted by atomic mass is 9.89. The highest BCUT2D eigenvalue weighted by Crippen LogP contribution is 2.37. The van der Waals surface area contributed by atoms with E-state index < -0.39 is 0 Å². The number of anilines is 1. The highest BCUT2D eigenvalue weighted by molar-refractivity contribution is 6.04. The Labute approximate surface area is 259 Å². The summed E-state index contributed by atoms with van der Waals surface area (Å²) < 4.78 is 7.74. The number of likely N-dealkylation sites (N-methyl/N-ethyl adjacent to an activating group) is 1. The number of imidazole rings is 1. The molecule has 2 fully saturated rings. The van der Waals surface area contributed by atoms with Crippen LogP contribution in [-0.4, -0.2) is 88.8 Å². The normalized spacial score (nSPS) is 19.8. The first-order chi connectivity index (χ1) is 21.4. The van der Waals surface area contributed by atoms with E-state index >= 15 is 0 Å². The Balaban J connectivity index is 1.27. The van der Waals surface area contributed by atoms with Crippen LogP contribution in [0, 0.1) is 0 Å². The Hall–Kier alpha value is -3.79. The number of amides is 1. The Morgan fingerprint density at radius 1 is 1.02 bits per heavy atom. The SMILES string of the molecule is COc1ccccc1-c1cc(C(=O)Nc2nc3ccc(C4CCN(CCN(C)C)CC4)cc3n2[C@H]2CC[C@@H](O)CC2)ccn1. The van der Waals surface area contributed by atoms with Gasteiger partial charge in [-0.2, -0.15) is 0 Å². The van der Waals surface area contributed by atoms with Crippen LogP contribution in [0.15, 0.2) is 60.8 Å². The first-order valence-electron chi connectivity index (χ1n) is 15.9. The average Bonchev–Trinajstić information content (AvgIpc) is 3.41. The quantitative estimate of drug-likeness (QED) is 0.261. The molecule has 9 heteroatoms. The third-order valence-electron chi connectivity index (χ3n) is 9.30. The zero-order valence-corrected chi connectivity index (χ0v) is 26.1. The van der Waals surface area contributed by atoms with Gasteiger partial charge in [0.15, 0.2) is 0 Å². The number of benzene rings is 2. The summed E-state index contributed by atoms with van der Waals surface area (Å²) in [5, 5.41) is 13.4. The van der Waals surface area contributed by atoms with Gasteiger partial charge in [0.05, 0.1) is 29.9 Å². The van der Waals surface area contributed by atoms with Gasteiger partial charge >= 0.3 is 0 Å². The molecule has 1 aliphatic heterocycles. The number of carbonyl (C=O) groups is 1. The highest BCUT2D eigenvalue weighted by atomic mass is 16.5. The molecular formula is C35H44N6O3. The summed E-state index contributed by atoms with van der Waals surface area (Å²) in [6, 6.07) is 18.0. The number of aromatic nitrogens is 3. The fourth-order valence-corrected chi connectivity index (χ4v) is 6.72. The van der Waals surface area contributed by atoms with Crippen molar-refractivity contribution in [2.45, 2.75) is 56.6 Å². The molecule has 1 aliphatic carbocycles. The van der Waals surface area contributed by atoms with E-state index in [9.17, 15) is 9.90 Å². The van der Waals surface area contributed by atoms with Crippen molar-refractivity contribution in [3.63, 3.8) is 0 Å². The van der Waals surface area contributed by atoms with Gasteiger partial charge in [-0.1, -0.05) is 18.2 Å². The topological polar surface area (TPSA) is 95.8 Å². The minimum absolute atomic E-state index is 0.156. The molecule has 1 saturated heterocycles. The van der Waals surface area contributed by atoms with Crippen molar-refractivity contribution in [3.8, 4) is 17.0 Å². The molecule has 0 atom stereocenters. The number of methoxy groups -OCH3 is 1. The second kappa shape index (κ2) is 13.5. The standard InChI is InChI=1S/C35H44N6O3/c1-39(2)20-21-40-18-15-24(16-19-40)25-8-13-30-32(23-25)41(27-9-11-28(42)12-10-27)35(37-30)38-34(43)26-14-17-36-31(22-26)29-6-4-5-7-33(29)44-3/h4-8,13-14,17,22-24,27-28,42H,9-12,15-16,18-21H2,1-3H3,(H,37,38,43)/t27-,28+. The lowest BCUT2D eigenvalue weighted by Gasteiger charge is -2.33. The molecule has 9 nitrogen and oxygen atoms in total. The van der Waals surface area contributed by atoms with Gasteiger partial charge in [0.1, 0.15) is 5.75 Å². The van der Waals surface area contributed by atoms with Crippen LogP contribution in [-0.2, 0) is 0 Å². The van der Waals surface area contributed by atoms with Crippen molar-refractivity contribution >= 4 is 22.9 Å². The molecule has 2 aromatic carbocycles. The Kier molecular flexibility index (Phi) is 9.25. The molecule has 44 heavy (non-hydrogen) atoms. The summed E-state index contributed by atoms with van der Waals surface area (Å²) in [7, 11) is 5.89. The van der Waals surface area contributed by atoms with E-state index in [0.717, 1.165) is 81.3 Å². The third kappa shape index (κ3) is 6.65. The van der Waals surface area contributed by atoms with Crippen molar-refractivity contribution in [1.82, 2.24) is 24.3 Å². The number of piperidine rings is 1. The summed E-state index contributed by atoms with van der Waals surface area (Å²) in [6.45, 7) is 4.42. The molecule has 2 aliphatic rings. The third-order valence-corrected chi connectivity index (χ3v) is 9.30. The molecule has 0 radical (unpaired) electrons. The number of fused-ring (bicyclic) bond motifs is 1. The second-order valence-corrected chi connectivity index (χ2v) is 12.5. The number of carbonyl (C=O) groups excluding carboxylic acids is 1. The maximum Gasteiger partial charge on any atom is 0.258 e. The number of likely N-dealkylation sites (tertiary alicyclic amines) is 1. The number of hydrogen-bond acceptors (Lipinski definition) is 7. The van der Waals surface area contributed by atoms with Gasteiger partial charge in [0.2, 0.25) is 5.95 Å². The van der Waals surface area contributed by atoms with Crippen LogP contribution in [0.2, 0.25) is 0 Å². The van der Waals surface area contributed by atoms with E-state index in [-0.39, 0.29) is 18.1 Å². The number of ether oxygens (including phenoxy) is 1. The fraction of sp³-hybridized carbons (Fsp3) is 0.457. The largest absolute Gasteiger partial charge is 0.496 e.